The summed E-state index contributed by atoms with van der Waals surface area (Å²) >= 11 is 6.65. The van der Waals surface area contributed by atoms with Gasteiger partial charge in [-0.25, -0.2) is 0 Å². The maximum absolute atomic E-state index is 12.6. The number of carbonyl (C=O) groups is 2. The molecular formula is C24H24N2O2S2. The van der Waals surface area contributed by atoms with Gasteiger partial charge in [0.15, 0.2) is 0 Å². The van der Waals surface area contributed by atoms with Crippen LogP contribution in [0.4, 0.5) is 0 Å². The van der Waals surface area contributed by atoms with Crippen LogP contribution in [0, 0.1) is 0 Å². The summed E-state index contributed by atoms with van der Waals surface area (Å²) < 4.78 is 0.545. The van der Waals surface area contributed by atoms with Gasteiger partial charge in [0, 0.05) is 19.5 Å². The van der Waals surface area contributed by atoms with E-state index in [4.69, 9.17) is 12.2 Å². The molecule has 0 saturated carbocycles. The van der Waals surface area contributed by atoms with E-state index in [-0.39, 0.29) is 11.8 Å². The highest BCUT2D eigenvalue weighted by Crippen LogP contribution is 2.31. The monoisotopic (exact) mass is 436 g/mol. The maximum Gasteiger partial charge on any atom is 0.266 e. The molecule has 6 heteroatoms. The van der Waals surface area contributed by atoms with Crippen LogP contribution in [0.25, 0.3) is 6.08 Å². The Kier molecular flexibility index (Phi) is 8.41. The number of thiocarbonyl (C=S) groups is 1. The standard InChI is InChI=1S/C24H24N2O2S2/c27-22(25-17-16-20-11-5-2-6-12-20)15-8-18-26-23(28)21(30-24(26)29)14-7-13-19-9-3-1-4-10-19/h1-7,9-14H,8,15-18H2,(H,25,27). The van der Waals surface area contributed by atoms with Crippen LogP contribution < -0.4 is 5.32 Å². The predicted octanol–water partition coefficient (Wildman–Crippen LogP) is 4.58. The van der Waals surface area contributed by atoms with Crippen LogP contribution in [0.2, 0.25) is 0 Å². The molecule has 1 aliphatic heterocycles. The molecule has 154 valence electrons. The maximum atomic E-state index is 12.6. The average molecular weight is 437 g/mol. The van der Waals surface area contributed by atoms with Gasteiger partial charge < -0.3 is 5.32 Å². The number of benzene rings is 2. The van der Waals surface area contributed by atoms with E-state index in [2.05, 4.69) is 5.32 Å². The lowest BCUT2D eigenvalue weighted by Gasteiger charge is -2.14. The second kappa shape index (κ2) is 11.5. The minimum Gasteiger partial charge on any atom is -0.356 e. The van der Waals surface area contributed by atoms with Crippen molar-refractivity contribution in [3.63, 3.8) is 0 Å². The first kappa shape index (κ1) is 22.0. The molecular weight excluding hydrogens is 412 g/mol. The number of thioether (sulfide) groups is 1. The van der Waals surface area contributed by atoms with Gasteiger partial charge >= 0.3 is 0 Å². The van der Waals surface area contributed by atoms with E-state index in [1.54, 1.807) is 11.0 Å². The summed E-state index contributed by atoms with van der Waals surface area (Å²) in [5.41, 5.74) is 2.27. The SMILES string of the molecule is O=C(CCCN1C(=O)C(=CC=Cc2ccccc2)SC1=S)NCCc1ccccc1. The molecule has 0 atom stereocenters. The Labute approximate surface area is 187 Å². The van der Waals surface area contributed by atoms with Crippen LogP contribution in [-0.2, 0) is 16.0 Å². The zero-order chi connectivity index (χ0) is 21.2. The Morgan fingerprint density at radius 1 is 1.07 bits per heavy atom. The number of amides is 2. The van der Waals surface area contributed by atoms with Gasteiger partial charge in [0.25, 0.3) is 5.91 Å². The molecule has 0 radical (unpaired) electrons. The predicted molar refractivity (Wildman–Crippen MR) is 128 cm³/mol. The number of rotatable bonds is 9. The highest BCUT2D eigenvalue weighted by atomic mass is 32.2. The van der Waals surface area contributed by atoms with Gasteiger partial charge in [-0.15, -0.1) is 0 Å². The summed E-state index contributed by atoms with van der Waals surface area (Å²) in [5, 5.41) is 2.93. The summed E-state index contributed by atoms with van der Waals surface area (Å²) in [6.07, 6.45) is 7.37. The second-order valence-corrected chi connectivity index (χ2v) is 8.49. The Morgan fingerprint density at radius 3 is 2.50 bits per heavy atom. The van der Waals surface area contributed by atoms with Gasteiger partial charge in [-0.1, -0.05) is 96.8 Å². The first-order valence-electron chi connectivity index (χ1n) is 9.91. The summed E-state index contributed by atoms with van der Waals surface area (Å²) in [5.74, 6) is -0.0927. The molecule has 0 unspecified atom stereocenters. The minimum absolute atomic E-state index is 0.00212. The van der Waals surface area contributed by atoms with Gasteiger partial charge in [-0.3, -0.25) is 14.5 Å². The number of nitrogens with one attached hydrogen (secondary N) is 1. The third-order valence-corrected chi connectivity index (χ3v) is 5.97. The molecule has 1 saturated heterocycles. The van der Waals surface area contributed by atoms with Crippen LogP contribution in [0.15, 0.2) is 77.7 Å². The Balaban J connectivity index is 1.40. The van der Waals surface area contributed by atoms with Gasteiger partial charge in [0.2, 0.25) is 5.91 Å². The summed E-state index contributed by atoms with van der Waals surface area (Å²) in [6.45, 7) is 1.07. The molecule has 1 aliphatic rings. The van der Waals surface area contributed by atoms with Gasteiger partial charge in [0.1, 0.15) is 4.32 Å². The molecule has 0 aromatic heterocycles. The molecule has 4 nitrogen and oxygen atoms in total. The Bertz CT molecular complexity index is 940. The van der Waals surface area contributed by atoms with Crippen molar-refractivity contribution in [1.29, 1.82) is 0 Å². The van der Waals surface area contributed by atoms with Crippen molar-refractivity contribution in [3.8, 4) is 0 Å². The van der Waals surface area contributed by atoms with Crippen LogP contribution in [-0.4, -0.2) is 34.1 Å². The van der Waals surface area contributed by atoms with E-state index in [1.807, 2.05) is 72.8 Å². The molecule has 2 aromatic rings. The quantitative estimate of drug-likeness (QED) is 0.462. The lowest BCUT2D eigenvalue weighted by molar-refractivity contribution is -0.124. The van der Waals surface area contributed by atoms with E-state index in [9.17, 15) is 9.59 Å². The van der Waals surface area contributed by atoms with Crippen LogP contribution >= 0.6 is 24.0 Å². The summed E-state index contributed by atoms with van der Waals surface area (Å²) in [4.78, 5) is 26.8. The molecule has 1 N–H and O–H groups in total. The normalized spacial score (nSPS) is 15.3. The highest BCUT2D eigenvalue weighted by molar-refractivity contribution is 8.26. The van der Waals surface area contributed by atoms with Crippen molar-refractivity contribution in [1.82, 2.24) is 10.2 Å². The van der Waals surface area contributed by atoms with Crippen LogP contribution in [0.3, 0.4) is 0 Å². The fraction of sp³-hybridized carbons (Fsp3) is 0.208. The van der Waals surface area contributed by atoms with Crippen molar-refractivity contribution in [3.05, 3.63) is 88.8 Å². The molecule has 0 spiro atoms. The number of carbonyl (C=O) groups excluding carboxylic acids is 2. The average Bonchev–Trinajstić information content (AvgIpc) is 3.03. The summed E-state index contributed by atoms with van der Waals surface area (Å²) in [6, 6.07) is 20.0. The Hall–Kier alpha value is -2.70. The lowest BCUT2D eigenvalue weighted by Crippen LogP contribution is -2.31. The second-order valence-electron chi connectivity index (χ2n) is 6.81. The number of hydrogen-bond acceptors (Lipinski definition) is 4. The number of allylic oxidation sites excluding steroid dienone is 2. The van der Waals surface area contributed by atoms with Crippen LogP contribution in [0.5, 0.6) is 0 Å². The molecule has 30 heavy (non-hydrogen) atoms. The van der Waals surface area contributed by atoms with Crippen molar-refractivity contribution < 1.29 is 9.59 Å². The van der Waals surface area contributed by atoms with E-state index >= 15 is 0 Å². The largest absolute Gasteiger partial charge is 0.356 e. The van der Waals surface area contributed by atoms with Gasteiger partial charge in [-0.2, -0.15) is 0 Å². The van der Waals surface area contributed by atoms with Crippen molar-refractivity contribution in [2.75, 3.05) is 13.1 Å². The van der Waals surface area contributed by atoms with E-state index in [1.165, 1.54) is 17.3 Å². The van der Waals surface area contributed by atoms with Gasteiger partial charge in [0.05, 0.1) is 4.91 Å². The lowest BCUT2D eigenvalue weighted by atomic mass is 10.1. The highest BCUT2D eigenvalue weighted by Gasteiger charge is 2.31. The van der Waals surface area contributed by atoms with Crippen molar-refractivity contribution >= 4 is 46.2 Å². The third-order valence-electron chi connectivity index (χ3n) is 4.57. The first-order valence-corrected chi connectivity index (χ1v) is 11.1. The van der Waals surface area contributed by atoms with E-state index in [0.29, 0.717) is 35.2 Å². The van der Waals surface area contributed by atoms with E-state index < -0.39 is 0 Å². The van der Waals surface area contributed by atoms with Crippen molar-refractivity contribution in [2.45, 2.75) is 19.3 Å². The third kappa shape index (κ3) is 6.68. The zero-order valence-electron chi connectivity index (χ0n) is 16.6. The zero-order valence-corrected chi connectivity index (χ0v) is 18.3. The minimum atomic E-state index is -0.0906. The molecule has 2 amide bonds. The summed E-state index contributed by atoms with van der Waals surface area (Å²) in [7, 11) is 0. The van der Waals surface area contributed by atoms with Crippen LogP contribution in [0.1, 0.15) is 24.0 Å². The Morgan fingerprint density at radius 2 is 1.77 bits per heavy atom. The molecule has 1 heterocycles. The molecule has 0 aliphatic carbocycles. The fourth-order valence-electron chi connectivity index (χ4n) is 2.99. The molecule has 1 fully saturated rings. The number of nitrogens with zero attached hydrogens (tertiary/aromatic N) is 1. The topological polar surface area (TPSA) is 49.4 Å². The number of hydrogen-bond donors (Lipinski definition) is 1. The molecule has 0 bridgehead atoms. The van der Waals surface area contributed by atoms with Crippen molar-refractivity contribution in [2.24, 2.45) is 0 Å². The molecule has 2 aromatic carbocycles. The van der Waals surface area contributed by atoms with Gasteiger partial charge in [-0.05, 0) is 30.0 Å². The van der Waals surface area contributed by atoms with E-state index in [0.717, 1.165) is 12.0 Å². The smallest absolute Gasteiger partial charge is 0.266 e. The molecule has 3 rings (SSSR count). The first-order chi connectivity index (χ1) is 14.6. The fourth-order valence-corrected chi connectivity index (χ4v) is 4.25.